The normalized spacial score (nSPS) is 11.0. The lowest BCUT2D eigenvalue weighted by Gasteiger charge is -2.07. The number of aromatic nitrogens is 4. The van der Waals surface area contributed by atoms with Crippen LogP contribution in [0.1, 0.15) is 39.4 Å². The van der Waals surface area contributed by atoms with Crippen molar-refractivity contribution in [1.82, 2.24) is 24.9 Å². The summed E-state index contributed by atoms with van der Waals surface area (Å²) < 4.78 is 16.8. The highest BCUT2D eigenvalue weighted by Crippen LogP contribution is 2.18. The molecule has 4 aromatic rings. The number of hydrogen-bond donors (Lipinski definition) is 1. The van der Waals surface area contributed by atoms with Crippen molar-refractivity contribution in [3.05, 3.63) is 94.8 Å². The Kier molecular flexibility index (Phi) is 6.16. The minimum absolute atomic E-state index is 0.148. The van der Waals surface area contributed by atoms with Gasteiger partial charge in [-0.05, 0) is 75.6 Å². The van der Waals surface area contributed by atoms with Crippen molar-refractivity contribution in [2.24, 2.45) is 0 Å². The predicted octanol–water partition coefficient (Wildman–Crippen LogP) is 4.48. The molecule has 2 aromatic carbocycles. The van der Waals surface area contributed by atoms with E-state index in [0.29, 0.717) is 17.8 Å². The van der Waals surface area contributed by atoms with E-state index in [0.717, 1.165) is 35.6 Å². The Morgan fingerprint density at radius 3 is 2.38 bits per heavy atom. The van der Waals surface area contributed by atoms with Crippen LogP contribution in [0.5, 0.6) is 0 Å². The van der Waals surface area contributed by atoms with E-state index in [-0.39, 0.29) is 11.7 Å². The largest absolute Gasteiger partial charge is 0.352 e. The number of carbonyl (C=O) groups is 1. The van der Waals surface area contributed by atoms with Gasteiger partial charge in [0.05, 0.1) is 34.0 Å². The van der Waals surface area contributed by atoms with Gasteiger partial charge in [-0.15, -0.1) is 0 Å². The van der Waals surface area contributed by atoms with Crippen LogP contribution in [0.25, 0.3) is 11.4 Å². The van der Waals surface area contributed by atoms with E-state index in [1.807, 2.05) is 62.0 Å². The van der Waals surface area contributed by atoms with E-state index in [1.54, 1.807) is 16.8 Å². The molecule has 0 spiro atoms. The monoisotopic (exact) mass is 431 g/mol. The van der Waals surface area contributed by atoms with Crippen LogP contribution in [0, 0.1) is 26.6 Å². The summed E-state index contributed by atoms with van der Waals surface area (Å²) in [5.74, 6) is -0.456. The fourth-order valence-electron chi connectivity index (χ4n) is 3.83. The number of nitrogens with zero attached hydrogens (tertiary/aromatic N) is 4. The zero-order valence-corrected chi connectivity index (χ0v) is 18.5. The molecule has 2 heterocycles. The maximum Gasteiger partial charge on any atom is 0.255 e. The highest BCUT2D eigenvalue weighted by molar-refractivity contribution is 5.96. The molecule has 0 saturated carbocycles. The third-order valence-electron chi connectivity index (χ3n) is 5.52. The average molecular weight is 432 g/mol. The second kappa shape index (κ2) is 9.18. The lowest BCUT2D eigenvalue weighted by molar-refractivity contribution is 0.0952. The number of carbonyl (C=O) groups excluding carboxylic acids is 1. The maximum atomic E-state index is 13.2. The smallest absolute Gasteiger partial charge is 0.255 e. The van der Waals surface area contributed by atoms with E-state index in [1.165, 1.54) is 17.7 Å². The summed E-state index contributed by atoms with van der Waals surface area (Å²) in [6.45, 7) is 6.21. The van der Waals surface area contributed by atoms with Gasteiger partial charge >= 0.3 is 0 Å². The standard InChI is InChI=1S/C25H26FN5O/c1-17-20(16-30(28-17)22-9-5-4-6-10-22)8-7-15-27-25(32)24-18(2)29-31(19(24)3)23-13-11-21(26)12-14-23/h4-6,9-14,16H,7-8,15H2,1-3H3,(H,27,32). The zero-order chi connectivity index (χ0) is 22.7. The molecule has 0 fully saturated rings. The van der Waals surface area contributed by atoms with Crippen molar-refractivity contribution < 1.29 is 9.18 Å². The van der Waals surface area contributed by atoms with Gasteiger partial charge in [0.2, 0.25) is 0 Å². The molecule has 1 N–H and O–H groups in total. The van der Waals surface area contributed by atoms with Crippen LogP contribution in [0.2, 0.25) is 0 Å². The average Bonchev–Trinajstić information content (AvgIpc) is 3.31. The molecular weight excluding hydrogens is 405 g/mol. The number of amides is 1. The van der Waals surface area contributed by atoms with Crippen molar-refractivity contribution in [3.63, 3.8) is 0 Å². The summed E-state index contributed by atoms with van der Waals surface area (Å²) in [4.78, 5) is 12.8. The Balaban J connectivity index is 1.37. The van der Waals surface area contributed by atoms with Crippen LogP contribution in [-0.2, 0) is 6.42 Å². The van der Waals surface area contributed by atoms with E-state index in [4.69, 9.17) is 0 Å². The van der Waals surface area contributed by atoms with E-state index >= 15 is 0 Å². The van der Waals surface area contributed by atoms with Crippen molar-refractivity contribution >= 4 is 5.91 Å². The Labute approximate surface area is 186 Å². The molecule has 4 rings (SSSR count). The number of rotatable bonds is 7. The lowest BCUT2D eigenvalue weighted by Crippen LogP contribution is -2.26. The molecule has 0 saturated heterocycles. The molecular formula is C25H26FN5O. The number of aryl methyl sites for hydroxylation is 3. The second-order valence-electron chi connectivity index (χ2n) is 7.81. The van der Waals surface area contributed by atoms with Gasteiger partial charge < -0.3 is 5.32 Å². The Bertz CT molecular complexity index is 1230. The van der Waals surface area contributed by atoms with Gasteiger partial charge in [0.15, 0.2) is 0 Å². The molecule has 0 bridgehead atoms. The molecule has 1 amide bonds. The number of para-hydroxylation sites is 1. The van der Waals surface area contributed by atoms with Gasteiger partial charge in [-0.2, -0.15) is 10.2 Å². The third kappa shape index (κ3) is 4.46. The molecule has 6 nitrogen and oxygen atoms in total. The van der Waals surface area contributed by atoms with E-state index in [2.05, 4.69) is 15.5 Å². The fraction of sp³-hybridized carbons (Fsp3) is 0.240. The van der Waals surface area contributed by atoms with Crippen molar-refractivity contribution in [2.75, 3.05) is 6.54 Å². The van der Waals surface area contributed by atoms with Crippen LogP contribution in [-0.4, -0.2) is 32.0 Å². The van der Waals surface area contributed by atoms with Gasteiger partial charge in [-0.1, -0.05) is 18.2 Å². The first kappa shape index (κ1) is 21.5. The Morgan fingerprint density at radius 1 is 0.938 bits per heavy atom. The van der Waals surface area contributed by atoms with Gasteiger partial charge in [0.1, 0.15) is 5.82 Å². The van der Waals surface area contributed by atoms with Gasteiger partial charge in [-0.3, -0.25) is 4.79 Å². The van der Waals surface area contributed by atoms with Crippen LogP contribution < -0.4 is 5.32 Å². The first-order valence-electron chi connectivity index (χ1n) is 10.6. The summed E-state index contributed by atoms with van der Waals surface area (Å²) in [6.07, 6.45) is 3.68. The van der Waals surface area contributed by atoms with Crippen molar-refractivity contribution in [2.45, 2.75) is 33.6 Å². The van der Waals surface area contributed by atoms with Gasteiger partial charge in [-0.25, -0.2) is 13.8 Å². The molecule has 164 valence electrons. The molecule has 7 heteroatoms. The summed E-state index contributed by atoms with van der Waals surface area (Å²) in [5, 5.41) is 12.1. The fourth-order valence-corrected chi connectivity index (χ4v) is 3.83. The second-order valence-corrected chi connectivity index (χ2v) is 7.81. The molecule has 0 aliphatic heterocycles. The SMILES string of the molecule is Cc1nn(-c2ccccc2)cc1CCCNC(=O)c1c(C)nn(-c2ccc(F)cc2)c1C. The van der Waals surface area contributed by atoms with E-state index in [9.17, 15) is 9.18 Å². The van der Waals surface area contributed by atoms with Crippen LogP contribution in [0.15, 0.2) is 60.8 Å². The first-order chi connectivity index (χ1) is 15.4. The maximum absolute atomic E-state index is 13.2. The van der Waals surface area contributed by atoms with Crippen LogP contribution in [0.3, 0.4) is 0 Å². The first-order valence-corrected chi connectivity index (χ1v) is 10.6. The molecule has 0 unspecified atom stereocenters. The number of nitrogens with one attached hydrogen (secondary N) is 1. The summed E-state index contributed by atoms with van der Waals surface area (Å²) in [5.41, 5.74) is 5.83. The zero-order valence-electron chi connectivity index (χ0n) is 18.5. The summed E-state index contributed by atoms with van der Waals surface area (Å²) in [6, 6.07) is 16.1. The van der Waals surface area contributed by atoms with Crippen molar-refractivity contribution in [1.29, 1.82) is 0 Å². The van der Waals surface area contributed by atoms with E-state index < -0.39 is 0 Å². The molecule has 2 aromatic heterocycles. The lowest BCUT2D eigenvalue weighted by atomic mass is 10.1. The number of benzene rings is 2. The quantitative estimate of drug-likeness (QED) is 0.439. The molecule has 0 radical (unpaired) electrons. The Morgan fingerprint density at radius 2 is 1.66 bits per heavy atom. The topological polar surface area (TPSA) is 64.7 Å². The molecule has 0 aliphatic rings. The number of halogens is 1. The van der Waals surface area contributed by atoms with Gasteiger partial charge in [0.25, 0.3) is 5.91 Å². The van der Waals surface area contributed by atoms with Gasteiger partial charge in [0, 0.05) is 12.7 Å². The minimum atomic E-state index is -0.308. The van der Waals surface area contributed by atoms with Crippen molar-refractivity contribution in [3.8, 4) is 11.4 Å². The Hall–Kier alpha value is -3.74. The minimum Gasteiger partial charge on any atom is -0.352 e. The highest BCUT2D eigenvalue weighted by atomic mass is 19.1. The number of hydrogen-bond acceptors (Lipinski definition) is 3. The third-order valence-corrected chi connectivity index (χ3v) is 5.52. The van der Waals surface area contributed by atoms with Crippen LogP contribution >= 0.6 is 0 Å². The molecule has 0 aliphatic carbocycles. The molecule has 32 heavy (non-hydrogen) atoms. The van der Waals surface area contributed by atoms with Crippen LogP contribution in [0.4, 0.5) is 4.39 Å². The summed E-state index contributed by atoms with van der Waals surface area (Å²) >= 11 is 0. The summed E-state index contributed by atoms with van der Waals surface area (Å²) in [7, 11) is 0. The predicted molar refractivity (Wildman–Crippen MR) is 122 cm³/mol. The highest BCUT2D eigenvalue weighted by Gasteiger charge is 2.19. The molecule has 0 atom stereocenters.